The third-order valence-corrected chi connectivity index (χ3v) is 6.93. The van der Waals surface area contributed by atoms with Crippen LogP contribution < -0.4 is 15.0 Å². The van der Waals surface area contributed by atoms with E-state index in [2.05, 4.69) is 22.3 Å². The van der Waals surface area contributed by atoms with Gasteiger partial charge in [-0.2, -0.15) is 0 Å². The standard InChI is InChI=1S/C26H32ClN3O3/c1-19(31)29-14-16-30(17-15-29)26-23(27)8-5-9-24(26)28-25(32)18-33-22-12-10-21(11-13-22)20-6-3-2-4-7-20/h5,8-13,20H,2-4,6-7,14-18H2,1H3,(H,28,32). The van der Waals surface area contributed by atoms with Crippen molar-refractivity contribution in [3.63, 3.8) is 0 Å². The van der Waals surface area contributed by atoms with Gasteiger partial charge in [0.25, 0.3) is 5.91 Å². The van der Waals surface area contributed by atoms with Crippen LogP contribution in [0.1, 0.15) is 50.5 Å². The Bertz CT molecular complexity index is 965. The molecule has 2 aromatic carbocycles. The molecule has 2 aromatic rings. The van der Waals surface area contributed by atoms with Gasteiger partial charge in [0.2, 0.25) is 5.91 Å². The lowest BCUT2D eigenvalue weighted by Crippen LogP contribution is -2.48. The molecule has 2 amide bonds. The summed E-state index contributed by atoms with van der Waals surface area (Å²) in [5.41, 5.74) is 2.80. The van der Waals surface area contributed by atoms with Crippen molar-refractivity contribution in [3.05, 3.63) is 53.1 Å². The van der Waals surface area contributed by atoms with E-state index in [9.17, 15) is 9.59 Å². The largest absolute Gasteiger partial charge is 0.484 e. The Morgan fingerprint density at radius 1 is 1.00 bits per heavy atom. The highest BCUT2D eigenvalue weighted by Crippen LogP contribution is 2.35. The number of carbonyl (C=O) groups is 2. The number of nitrogens with zero attached hydrogens (tertiary/aromatic N) is 2. The van der Waals surface area contributed by atoms with Gasteiger partial charge in [-0.25, -0.2) is 0 Å². The van der Waals surface area contributed by atoms with Crippen molar-refractivity contribution in [3.8, 4) is 5.75 Å². The first-order valence-electron chi connectivity index (χ1n) is 11.8. The van der Waals surface area contributed by atoms with Crippen LogP contribution in [0.4, 0.5) is 11.4 Å². The Kier molecular flexibility index (Phi) is 7.76. The Labute approximate surface area is 200 Å². The zero-order valence-corrected chi connectivity index (χ0v) is 19.9. The van der Waals surface area contributed by atoms with Crippen molar-refractivity contribution in [2.24, 2.45) is 0 Å². The topological polar surface area (TPSA) is 61.9 Å². The molecule has 2 aliphatic rings. The summed E-state index contributed by atoms with van der Waals surface area (Å²) in [5, 5.41) is 3.52. The fourth-order valence-corrected chi connectivity index (χ4v) is 5.08. The van der Waals surface area contributed by atoms with E-state index in [4.69, 9.17) is 16.3 Å². The van der Waals surface area contributed by atoms with Crippen molar-refractivity contribution in [1.82, 2.24) is 4.90 Å². The van der Waals surface area contributed by atoms with E-state index >= 15 is 0 Å². The van der Waals surface area contributed by atoms with Gasteiger partial charge in [-0.3, -0.25) is 9.59 Å². The lowest BCUT2D eigenvalue weighted by atomic mass is 9.84. The van der Waals surface area contributed by atoms with Crippen LogP contribution >= 0.6 is 11.6 Å². The number of amides is 2. The van der Waals surface area contributed by atoms with Crippen molar-refractivity contribution in [2.75, 3.05) is 43.0 Å². The minimum absolute atomic E-state index is 0.0752. The zero-order valence-electron chi connectivity index (χ0n) is 19.2. The molecule has 1 aliphatic carbocycles. The molecule has 0 bridgehead atoms. The van der Waals surface area contributed by atoms with Gasteiger partial charge in [0, 0.05) is 33.1 Å². The summed E-state index contributed by atoms with van der Waals surface area (Å²) in [6.45, 7) is 4.10. The predicted octanol–water partition coefficient (Wildman–Crippen LogP) is 5.07. The fourth-order valence-electron chi connectivity index (χ4n) is 4.79. The van der Waals surface area contributed by atoms with Gasteiger partial charge in [0.1, 0.15) is 5.75 Å². The van der Waals surface area contributed by atoms with Gasteiger partial charge < -0.3 is 19.9 Å². The van der Waals surface area contributed by atoms with Crippen LogP contribution in [0, 0.1) is 0 Å². The number of anilines is 2. The average molecular weight is 470 g/mol. The molecular weight excluding hydrogens is 438 g/mol. The van der Waals surface area contributed by atoms with Crippen LogP contribution in [-0.4, -0.2) is 49.5 Å². The summed E-state index contributed by atoms with van der Waals surface area (Å²) in [6.07, 6.45) is 6.47. The van der Waals surface area contributed by atoms with Crippen LogP contribution in [0.25, 0.3) is 0 Å². The zero-order chi connectivity index (χ0) is 23.2. The first kappa shape index (κ1) is 23.4. The molecule has 1 N–H and O–H groups in total. The molecule has 33 heavy (non-hydrogen) atoms. The molecule has 7 heteroatoms. The number of carbonyl (C=O) groups excluding carboxylic acids is 2. The van der Waals surface area contributed by atoms with Crippen molar-refractivity contribution >= 4 is 34.8 Å². The molecule has 176 valence electrons. The Morgan fingerprint density at radius 3 is 2.36 bits per heavy atom. The molecule has 1 aliphatic heterocycles. The summed E-state index contributed by atoms with van der Waals surface area (Å²) in [4.78, 5) is 28.2. The first-order valence-corrected chi connectivity index (χ1v) is 12.2. The molecule has 0 aromatic heterocycles. The Balaban J connectivity index is 1.34. The van der Waals surface area contributed by atoms with Gasteiger partial charge in [-0.05, 0) is 48.6 Å². The van der Waals surface area contributed by atoms with E-state index in [0.717, 1.165) is 5.69 Å². The lowest BCUT2D eigenvalue weighted by Gasteiger charge is -2.36. The van der Waals surface area contributed by atoms with Crippen molar-refractivity contribution < 1.29 is 14.3 Å². The van der Waals surface area contributed by atoms with Crippen LogP contribution in [0.3, 0.4) is 0 Å². The highest BCUT2D eigenvalue weighted by molar-refractivity contribution is 6.34. The van der Waals surface area contributed by atoms with Gasteiger partial charge in [-0.15, -0.1) is 0 Å². The Morgan fingerprint density at radius 2 is 1.70 bits per heavy atom. The molecule has 0 unspecified atom stereocenters. The molecule has 1 heterocycles. The number of para-hydroxylation sites is 1. The summed E-state index contributed by atoms with van der Waals surface area (Å²) in [5.74, 6) is 1.18. The number of halogens is 1. The maximum atomic E-state index is 12.6. The smallest absolute Gasteiger partial charge is 0.262 e. The quantitative estimate of drug-likeness (QED) is 0.641. The monoisotopic (exact) mass is 469 g/mol. The number of hydrogen-bond acceptors (Lipinski definition) is 4. The fraction of sp³-hybridized carbons (Fsp3) is 0.462. The number of benzene rings is 2. The molecule has 0 radical (unpaired) electrons. The van der Waals surface area contributed by atoms with E-state index in [1.54, 1.807) is 6.92 Å². The van der Waals surface area contributed by atoms with E-state index in [-0.39, 0.29) is 18.4 Å². The molecule has 0 spiro atoms. The number of hydrogen-bond donors (Lipinski definition) is 1. The SMILES string of the molecule is CC(=O)N1CCN(c2c(Cl)cccc2NC(=O)COc2ccc(C3CCCCC3)cc2)CC1. The molecule has 1 saturated heterocycles. The predicted molar refractivity (Wildman–Crippen MR) is 132 cm³/mol. The van der Waals surface area contributed by atoms with Gasteiger partial charge in [-0.1, -0.05) is 49.1 Å². The van der Waals surface area contributed by atoms with Gasteiger partial charge in [0.15, 0.2) is 6.61 Å². The third-order valence-electron chi connectivity index (χ3n) is 6.63. The van der Waals surface area contributed by atoms with Crippen LogP contribution in [0.15, 0.2) is 42.5 Å². The molecule has 1 saturated carbocycles. The van der Waals surface area contributed by atoms with Crippen LogP contribution in [0.2, 0.25) is 5.02 Å². The summed E-state index contributed by atoms with van der Waals surface area (Å²) in [6, 6.07) is 13.6. The highest BCUT2D eigenvalue weighted by atomic mass is 35.5. The number of piperazine rings is 1. The van der Waals surface area contributed by atoms with Gasteiger partial charge >= 0.3 is 0 Å². The second-order valence-electron chi connectivity index (χ2n) is 8.87. The maximum absolute atomic E-state index is 12.6. The van der Waals surface area contributed by atoms with Crippen molar-refractivity contribution in [2.45, 2.75) is 44.9 Å². The van der Waals surface area contributed by atoms with Crippen molar-refractivity contribution in [1.29, 1.82) is 0 Å². The number of nitrogens with one attached hydrogen (secondary N) is 1. The average Bonchev–Trinajstić information content (AvgIpc) is 2.84. The van der Waals surface area contributed by atoms with Gasteiger partial charge in [0.05, 0.1) is 16.4 Å². The minimum atomic E-state index is -0.239. The van der Waals surface area contributed by atoms with E-state index in [1.165, 1.54) is 37.7 Å². The Hall–Kier alpha value is -2.73. The molecule has 0 atom stereocenters. The maximum Gasteiger partial charge on any atom is 0.262 e. The second-order valence-corrected chi connectivity index (χ2v) is 9.28. The van der Waals surface area contributed by atoms with E-state index in [1.807, 2.05) is 35.2 Å². The summed E-state index contributed by atoms with van der Waals surface area (Å²) < 4.78 is 5.74. The van der Waals surface area contributed by atoms with E-state index in [0.29, 0.717) is 48.6 Å². The molecule has 6 nitrogen and oxygen atoms in total. The first-order chi connectivity index (χ1) is 16.0. The minimum Gasteiger partial charge on any atom is -0.484 e. The lowest BCUT2D eigenvalue weighted by molar-refractivity contribution is -0.129. The number of rotatable bonds is 6. The summed E-state index contributed by atoms with van der Waals surface area (Å²) >= 11 is 6.49. The van der Waals surface area contributed by atoms with E-state index < -0.39 is 0 Å². The number of ether oxygens (including phenoxy) is 1. The van der Waals surface area contributed by atoms with Crippen LogP contribution in [-0.2, 0) is 9.59 Å². The molecule has 2 fully saturated rings. The second kappa shape index (κ2) is 10.9. The normalized spacial score (nSPS) is 17.0. The third kappa shape index (κ3) is 5.99. The molecular formula is C26H32ClN3O3. The molecule has 4 rings (SSSR count). The summed E-state index contributed by atoms with van der Waals surface area (Å²) in [7, 11) is 0. The van der Waals surface area contributed by atoms with Crippen LogP contribution in [0.5, 0.6) is 5.75 Å². The highest BCUT2D eigenvalue weighted by Gasteiger charge is 2.23.